The summed E-state index contributed by atoms with van der Waals surface area (Å²) in [4.78, 5) is 38.1. The normalized spacial score (nSPS) is 12.3. The van der Waals surface area contributed by atoms with Crippen LogP contribution in [0, 0.1) is 0 Å². The summed E-state index contributed by atoms with van der Waals surface area (Å²) in [6.07, 6.45) is 74.2. The maximum absolute atomic E-state index is 12.9. The van der Waals surface area contributed by atoms with Crippen LogP contribution in [0.1, 0.15) is 329 Å². The van der Waals surface area contributed by atoms with Crippen LogP contribution in [0.2, 0.25) is 0 Å². The van der Waals surface area contributed by atoms with Crippen LogP contribution in [0.25, 0.3) is 0 Å². The van der Waals surface area contributed by atoms with Crippen molar-refractivity contribution in [2.75, 3.05) is 13.2 Å². The van der Waals surface area contributed by atoms with Crippen molar-refractivity contribution in [3.63, 3.8) is 0 Å². The summed E-state index contributed by atoms with van der Waals surface area (Å²) in [5.41, 5.74) is 0. The minimum absolute atomic E-state index is 0.0748. The number of allylic oxidation sites excluding steroid dienone is 8. The Morgan fingerprint density at radius 2 is 0.549 bits per heavy atom. The maximum Gasteiger partial charge on any atom is 0.306 e. The molecule has 0 saturated heterocycles. The van der Waals surface area contributed by atoms with Gasteiger partial charge in [-0.2, -0.15) is 0 Å². The number of ether oxygens (including phenoxy) is 3. The van der Waals surface area contributed by atoms with E-state index in [0.717, 1.165) is 96.3 Å². The van der Waals surface area contributed by atoms with Crippen LogP contribution >= 0.6 is 0 Å². The molecule has 0 saturated carbocycles. The molecule has 0 aliphatic carbocycles. The third kappa shape index (κ3) is 58.1. The van der Waals surface area contributed by atoms with Crippen LogP contribution in [-0.2, 0) is 28.6 Å². The second kappa shape index (κ2) is 59.9. The van der Waals surface area contributed by atoms with Crippen molar-refractivity contribution in [2.45, 2.75) is 335 Å². The van der Waals surface area contributed by atoms with Gasteiger partial charge in [-0.1, -0.05) is 301 Å². The first-order valence-corrected chi connectivity index (χ1v) is 31.1. The molecule has 1 atom stereocenters. The minimum atomic E-state index is -0.777. The van der Waals surface area contributed by atoms with E-state index in [4.69, 9.17) is 14.2 Å². The molecule has 0 fully saturated rings. The summed E-state index contributed by atoms with van der Waals surface area (Å²) in [6.45, 7) is 6.54. The molecule has 1 unspecified atom stereocenters. The average Bonchev–Trinajstić information content (AvgIpc) is 3.37. The number of hydrogen-bond donors (Lipinski definition) is 0. The monoisotopic (exact) mass is 995 g/mol. The molecule has 0 radical (unpaired) electrons. The fourth-order valence-corrected chi connectivity index (χ4v) is 9.20. The Labute approximate surface area is 441 Å². The van der Waals surface area contributed by atoms with Crippen LogP contribution < -0.4 is 0 Å². The van der Waals surface area contributed by atoms with E-state index in [0.29, 0.717) is 19.3 Å². The first-order valence-electron chi connectivity index (χ1n) is 31.1. The second-order valence-electron chi connectivity index (χ2n) is 21.0. The van der Waals surface area contributed by atoms with Crippen molar-refractivity contribution in [1.29, 1.82) is 0 Å². The lowest BCUT2D eigenvalue weighted by molar-refractivity contribution is -0.167. The maximum atomic E-state index is 12.9. The van der Waals surface area contributed by atoms with Crippen molar-refractivity contribution < 1.29 is 28.6 Å². The highest BCUT2D eigenvalue weighted by molar-refractivity contribution is 5.71. The van der Waals surface area contributed by atoms with E-state index in [-0.39, 0.29) is 31.1 Å². The Bertz CT molecular complexity index is 1230. The number of esters is 3. The average molecular weight is 996 g/mol. The smallest absolute Gasteiger partial charge is 0.306 e. The van der Waals surface area contributed by atoms with Crippen LogP contribution in [0.5, 0.6) is 0 Å². The zero-order chi connectivity index (χ0) is 51.4. The largest absolute Gasteiger partial charge is 0.462 e. The molecule has 0 N–H and O–H groups in total. The van der Waals surface area contributed by atoms with Gasteiger partial charge in [0.2, 0.25) is 0 Å². The van der Waals surface area contributed by atoms with E-state index in [1.165, 1.54) is 193 Å². The lowest BCUT2D eigenvalue weighted by Crippen LogP contribution is -2.30. The number of unbranched alkanes of at least 4 members (excludes halogenated alkanes) is 38. The molecule has 71 heavy (non-hydrogen) atoms. The van der Waals surface area contributed by atoms with E-state index in [1.54, 1.807) is 0 Å². The van der Waals surface area contributed by atoms with Gasteiger partial charge < -0.3 is 14.2 Å². The fraction of sp³-hybridized carbons (Fsp3) is 0.831. The van der Waals surface area contributed by atoms with Gasteiger partial charge in [0.15, 0.2) is 6.10 Å². The Kier molecular flexibility index (Phi) is 57.7. The molecule has 0 aliphatic rings. The van der Waals surface area contributed by atoms with Gasteiger partial charge in [0.1, 0.15) is 13.2 Å². The zero-order valence-corrected chi connectivity index (χ0v) is 47.5. The van der Waals surface area contributed by atoms with Gasteiger partial charge in [0, 0.05) is 19.3 Å². The molecule has 6 heteroatoms. The van der Waals surface area contributed by atoms with Crippen molar-refractivity contribution in [3.05, 3.63) is 48.6 Å². The lowest BCUT2D eigenvalue weighted by atomic mass is 10.0. The summed E-state index contributed by atoms with van der Waals surface area (Å²) >= 11 is 0. The first-order chi connectivity index (χ1) is 35.0. The van der Waals surface area contributed by atoms with E-state index in [9.17, 15) is 14.4 Å². The van der Waals surface area contributed by atoms with Gasteiger partial charge in [-0.15, -0.1) is 0 Å². The zero-order valence-electron chi connectivity index (χ0n) is 47.5. The fourth-order valence-electron chi connectivity index (χ4n) is 9.20. The summed E-state index contributed by atoms with van der Waals surface area (Å²) < 4.78 is 16.9. The molecule has 0 spiro atoms. The molecule has 0 aromatic rings. The standard InChI is InChI=1S/C65H118O6/c1-4-7-10-13-16-19-21-23-25-27-29-30-31-32-33-34-36-37-39-41-43-46-49-52-55-58-64(67)70-61-62(60-69-63(66)57-54-51-48-45-18-15-12-9-6-3)71-65(68)59-56-53-50-47-44-42-40-38-35-28-26-24-22-20-17-14-11-8-5-2/h8,11,17,20,24,26,35,38,62H,4-7,9-10,12-16,18-19,21-23,25,27-34,36-37,39-61H2,1-3H3/b11-8-,20-17-,26-24-,38-35-. The van der Waals surface area contributed by atoms with Crippen LogP contribution in [-0.4, -0.2) is 37.2 Å². The second-order valence-corrected chi connectivity index (χ2v) is 21.0. The SMILES string of the molecule is CC/C=C\C/C=C\C/C=C\C/C=C\CCCCCCCCC(=O)OC(COC(=O)CCCCCCCCCCC)COC(=O)CCCCCCCCCCCCCCCCCCCCCCCCCCC. The summed E-state index contributed by atoms with van der Waals surface area (Å²) in [7, 11) is 0. The quantitative estimate of drug-likeness (QED) is 0.0261. The third-order valence-electron chi connectivity index (χ3n) is 13.8. The highest BCUT2D eigenvalue weighted by Crippen LogP contribution is 2.18. The van der Waals surface area contributed by atoms with Crippen LogP contribution in [0.3, 0.4) is 0 Å². The van der Waals surface area contributed by atoms with Crippen molar-refractivity contribution in [1.82, 2.24) is 0 Å². The Morgan fingerprint density at radius 3 is 0.859 bits per heavy atom. The molecule has 0 aromatic carbocycles. The highest BCUT2D eigenvalue weighted by Gasteiger charge is 2.19. The number of carbonyl (C=O) groups excluding carboxylic acids is 3. The molecular weight excluding hydrogens is 877 g/mol. The van der Waals surface area contributed by atoms with Crippen molar-refractivity contribution >= 4 is 17.9 Å². The topological polar surface area (TPSA) is 78.9 Å². The molecule has 414 valence electrons. The molecular formula is C65H118O6. The molecule has 0 aliphatic heterocycles. The van der Waals surface area contributed by atoms with E-state index >= 15 is 0 Å². The minimum Gasteiger partial charge on any atom is -0.462 e. The van der Waals surface area contributed by atoms with Gasteiger partial charge in [0.05, 0.1) is 0 Å². The Hall–Kier alpha value is -2.63. The number of rotatable bonds is 57. The van der Waals surface area contributed by atoms with E-state index in [2.05, 4.69) is 69.4 Å². The summed E-state index contributed by atoms with van der Waals surface area (Å²) in [6, 6.07) is 0. The summed E-state index contributed by atoms with van der Waals surface area (Å²) in [5, 5.41) is 0. The first kappa shape index (κ1) is 68.4. The van der Waals surface area contributed by atoms with E-state index in [1.807, 2.05) is 0 Å². The van der Waals surface area contributed by atoms with Gasteiger partial charge in [-0.25, -0.2) is 0 Å². The molecule has 0 amide bonds. The molecule has 0 bridgehead atoms. The van der Waals surface area contributed by atoms with Gasteiger partial charge in [-0.3, -0.25) is 14.4 Å². The number of hydrogen-bond acceptors (Lipinski definition) is 6. The Balaban J connectivity index is 4.18. The van der Waals surface area contributed by atoms with Crippen LogP contribution in [0.15, 0.2) is 48.6 Å². The van der Waals surface area contributed by atoms with Crippen LogP contribution in [0.4, 0.5) is 0 Å². The molecule has 6 nitrogen and oxygen atoms in total. The molecule has 0 aromatic heterocycles. The molecule has 0 rings (SSSR count). The third-order valence-corrected chi connectivity index (χ3v) is 13.8. The Morgan fingerprint density at radius 1 is 0.296 bits per heavy atom. The predicted molar refractivity (Wildman–Crippen MR) is 307 cm³/mol. The summed E-state index contributed by atoms with van der Waals surface area (Å²) in [5.74, 6) is -0.874. The number of carbonyl (C=O) groups is 3. The predicted octanol–water partition coefficient (Wildman–Crippen LogP) is 21.0. The van der Waals surface area contributed by atoms with Crippen molar-refractivity contribution in [2.24, 2.45) is 0 Å². The van der Waals surface area contributed by atoms with Crippen molar-refractivity contribution in [3.8, 4) is 0 Å². The van der Waals surface area contributed by atoms with Gasteiger partial charge >= 0.3 is 17.9 Å². The lowest BCUT2D eigenvalue weighted by Gasteiger charge is -2.18. The van der Waals surface area contributed by atoms with E-state index < -0.39 is 6.10 Å². The van der Waals surface area contributed by atoms with Gasteiger partial charge in [-0.05, 0) is 57.8 Å². The van der Waals surface area contributed by atoms with Gasteiger partial charge in [0.25, 0.3) is 0 Å². The molecule has 0 heterocycles. The highest BCUT2D eigenvalue weighted by atomic mass is 16.6.